The van der Waals surface area contributed by atoms with E-state index < -0.39 is 15.9 Å². The Balaban J connectivity index is 1.76. The Morgan fingerprint density at radius 2 is 1.79 bits per heavy atom. The van der Waals surface area contributed by atoms with Crippen LogP contribution in [0.1, 0.15) is 29.7 Å². The average molecular weight is 419 g/mol. The number of rotatable bonds is 6. The molecule has 0 aliphatic carbocycles. The van der Waals surface area contributed by atoms with Gasteiger partial charge in [0.2, 0.25) is 15.9 Å². The average Bonchev–Trinajstić information content (AvgIpc) is 2.67. The van der Waals surface area contributed by atoms with Crippen molar-refractivity contribution in [2.45, 2.75) is 26.8 Å². The van der Waals surface area contributed by atoms with Crippen molar-refractivity contribution in [1.82, 2.24) is 5.32 Å². The van der Waals surface area contributed by atoms with Gasteiger partial charge in [0.25, 0.3) is 0 Å². The standard InChI is InChI=1S/C21H26N2O5S/c1-14-5-6-15(2)18(11-14)23(29(4,25)26)13-21(24)22-16(3)17-7-8-19-20(12-17)28-10-9-27-19/h5-8,11-12,16H,9-10,13H2,1-4H3,(H,22,24). The van der Waals surface area contributed by atoms with Gasteiger partial charge in [-0.25, -0.2) is 8.42 Å². The third-order valence-electron chi connectivity index (χ3n) is 4.76. The van der Waals surface area contributed by atoms with Crippen LogP contribution in [0.2, 0.25) is 0 Å². The van der Waals surface area contributed by atoms with Crippen molar-refractivity contribution in [1.29, 1.82) is 0 Å². The first-order valence-corrected chi connectivity index (χ1v) is 11.2. The zero-order valence-electron chi connectivity index (χ0n) is 17.1. The number of hydrogen-bond acceptors (Lipinski definition) is 5. The highest BCUT2D eigenvalue weighted by molar-refractivity contribution is 7.92. The van der Waals surface area contributed by atoms with Crippen LogP contribution in [-0.2, 0) is 14.8 Å². The molecule has 1 heterocycles. The maximum Gasteiger partial charge on any atom is 0.241 e. The summed E-state index contributed by atoms with van der Waals surface area (Å²) in [6.07, 6.45) is 1.10. The summed E-state index contributed by atoms with van der Waals surface area (Å²) in [6, 6.07) is 10.7. The number of aryl methyl sites for hydroxylation is 2. The lowest BCUT2D eigenvalue weighted by Gasteiger charge is -2.25. The van der Waals surface area contributed by atoms with Gasteiger partial charge in [-0.2, -0.15) is 0 Å². The summed E-state index contributed by atoms with van der Waals surface area (Å²) >= 11 is 0. The molecule has 1 aliphatic heterocycles. The van der Waals surface area contributed by atoms with E-state index in [1.807, 2.05) is 51.1 Å². The van der Waals surface area contributed by atoms with E-state index in [0.717, 1.165) is 27.3 Å². The molecular weight excluding hydrogens is 392 g/mol. The van der Waals surface area contributed by atoms with Crippen LogP contribution in [-0.4, -0.2) is 40.3 Å². The van der Waals surface area contributed by atoms with Gasteiger partial charge in [-0.05, 0) is 55.7 Å². The zero-order valence-corrected chi connectivity index (χ0v) is 17.9. The predicted molar refractivity (Wildman–Crippen MR) is 112 cm³/mol. The molecule has 0 fully saturated rings. The van der Waals surface area contributed by atoms with E-state index in [-0.39, 0.29) is 12.6 Å². The second-order valence-corrected chi connectivity index (χ2v) is 9.16. The highest BCUT2D eigenvalue weighted by atomic mass is 32.2. The molecule has 0 radical (unpaired) electrons. The van der Waals surface area contributed by atoms with E-state index >= 15 is 0 Å². The van der Waals surface area contributed by atoms with Gasteiger partial charge in [0, 0.05) is 0 Å². The number of ether oxygens (including phenoxy) is 2. The quantitative estimate of drug-likeness (QED) is 0.780. The molecule has 0 spiro atoms. The van der Waals surface area contributed by atoms with Gasteiger partial charge in [0.15, 0.2) is 11.5 Å². The SMILES string of the molecule is Cc1ccc(C)c(N(CC(=O)NC(C)c2ccc3c(c2)OCCO3)S(C)(=O)=O)c1. The number of fused-ring (bicyclic) bond motifs is 1. The van der Waals surface area contributed by atoms with Crippen LogP contribution in [0, 0.1) is 13.8 Å². The number of benzene rings is 2. The summed E-state index contributed by atoms with van der Waals surface area (Å²) in [7, 11) is -3.63. The molecule has 0 saturated carbocycles. The van der Waals surface area contributed by atoms with E-state index in [1.54, 1.807) is 6.07 Å². The van der Waals surface area contributed by atoms with Gasteiger partial charge in [-0.1, -0.05) is 18.2 Å². The van der Waals surface area contributed by atoms with Crippen LogP contribution in [0.4, 0.5) is 5.69 Å². The smallest absolute Gasteiger partial charge is 0.241 e. The van der Waals surface area contributed by atoms with Gasteiger partial charge in [0.05, 0.1) is 18.0 Å². The Hall–Kier alpha value is -2.74. The monoisotopic (exact) mass is 418 g/mol. The fraction of sp³-hybridized carbons (Fsp3) is 0.381. The number of amides is 1. The number of carbonyl (C=O) groups excluding carboxylic acids is 1. The lowest BCUT2D eigenvalue weighted by atomic mass is 10.1. The Kier molecular flexibility index (Phi) is 6.02. The Bertz CT molecular complexity index is 1020. The van der Waals surface area contributed by atoms with Gasteiger partial charge in [0.1, 0.15) is 19.8 Å². The van der Waals surface area contributed by atoms with Gasteiger partial charge >= 0.3 is 0 Å². The zero-order chi connectivity index (χ0) is 21.2. The Morgan fingerprint density at radius 1 is 1.10 bits per heavy atom. The van der Waals surface area contributed by atoms with Gasteiger partial charge < -0.3 is 14.8 Å². The molecule has 0 saturated heterocycles. The third kappa shape index (κ3) is 5.00. The van der Waals surface area contributed by atoms with Crippen LogP contribution >= 0.6 is 0 Å². The molecule has 1 atom stereocenters. The fourth-order valence-corrected chi connectivity index (χ4v) is 4.11. The van der Waals surface area contributed by atoms with E-state index in [4.69, 9.17) is 9.47 Å². The number of carbonyl (C=O) groups is 1. The van der Waals surface area contributed by atoms with Crippen molar-refractivity contribution in [3.63, 3.8) is 0 Å². The van der Waals surface area contributed by atoms with Gasteiger partial charge in [-0.3, -0.25) is 9.10 Å². The highest BCUT2D eigenvalue weighted by Crippen LogP contribution is 2.32. The van der Waals surface area contributed by atoms with Crippen molar-refractivity contribution in [3.8, 4) is 11.5 Å². The van der Waals surface area contributed by atoms with Crippen LogP contribution in [0.5, 0.6) is 11.5 Å². The maximum atomic E-state index is 12.7. The van der Waals surface area contributed by atoms with Gasteiger partial charge in [-0.15, -0.1) is 0 Å². The molecule has 156 valence electrons. The maximum absolute atomic E-state index is 12.7. The van der Waals surface area contributed by atoms with Crippen molar-refractivity contribution in [3.05, 3.63) is 53.1 Å². The van der Waals surface area contributed by atoms with E-state index in [2.05, 4.69) is 5.32 Å². The van der Waals surface area contributed by atoms with Crippen LogP contribution in [0.15, 0.2) is 36.4 Å². The van der Waals surface area contributed by atoms with E-state index in [0.29, 0.717) is 30.4 Å². The summed E-state index contributed by atoms with van der Waals surface area (Å²) in [5.74, 6) is 0.929. The Labute approximate surface area is 171 Å². The summed E-state index contributed by atoms with van der Waals surface area (Å²) in [6.45, 7) is 6.24. The molecule has 1 aliphatic rings. The highest BCUT2D eigenvalue weighted by Gasteiger charge is 2.24. The fourth-order valence-electron chi connectivity index (χ4n) is 3.20. The molecule has 8 heteroatoms. The molecule has 29 heavy (non-hydrogen) atoms. The second-order valence-electron chi connectivity index (χ2n) is 7.25. The van der Waals surface area contributed by atoms with Crippen molar-refractivity contribution >= 4 is 21.6 Å². The molecule has 0 bridgehead atoms. The summed E-state index contributed by atoms with van der Waals surface area (Å²) < 4.78 is 37.0. The number of nitrogens with zero attached hydrogens (tertiary/aromatic N) is 1. The third-order valence-corrected chi connectivity index (χ3v) is 5.89. The molecule has 0 aromatic heterocycles. The van der Waals surface area contributed by atoms with Crippen LogP contribution in [0.3, 0.4) is 0 Å². The first-order chi connectivity index (χ1) is 13.6. The molecule has 3 rings (SSSR count). The molecule has 7 nitrogen and oxygen atoms in total. The number of sulfonamides is 1. The van der Waals surface area contributed by atoms with Crippen LogP contribution < -0.4 is 19.1 Å². The lowest BCUT2D eigenvalue weighted by Crippen LogP contribution is -2.41. The van der Waals surface area contributed by atoms with E-state index in [1.165, 1.54) is 0 Å². The van der Waals surface area contributed by atoms with Crippen molar-refractivity contribution in [2.75, 3.05) is 30.3 Å². The number of anilines is 1. The molecule has 2 aromatic rings. The molecule has 2 aromatic carbocycles. The summed E-state index contributed by atoms with van der Waals surface area (Å²) in [5, 5.41) is 2.87. The number of nitrogens with one attached hydrogen (secondary N) is 1. The van der Waals surface area contributed by atoms with Crippen molar-refractivity contribution in [2.24, 2.45) is 0 Å². The number of hydrogen-bond donors (Lipinski definition) is 1. The molecule has 1 unspecified atom stereocenters. The minimum atomic E-state index is -3.63. The second kappa shape index (κ2) is 8.32. The predicted octanol–water partition coefficient (Wildman–Crippen LogP) is 2.72. The van der Waals surface area contributed by atoms with E-state index in [9.17, 15) is 13.2 Å². The summed E-state index contributed by atoms with van der Waals surface area (Å²) in [4.78, 5) is 12.7. The molecule has 1 amide bonds. The Morgan fingerprint density at radius 3 is 2.48 bits per heavy atom. The largest absolute Gasteiger partial charge is 0.486 e. The first kappa shape index (κ1) is 21.0. The molecular formula is C21H26N2O5S. The van der Waals surface area contributed by atoms with Crippen LogP contribution in [0.25, 0.3) is 0 Å². The lowest BCUT2D eigenvalue weighted by molar-refractivity contribution is -0.120. The first-order valence-electron chi connectivity index (χ1n) is 9.39. The van der Waals surface area contributed by atoms with Crippen molar-refractivity contribution < 1.29 is 22.7 Å². The normalized spacial score (nSPS) is 14.2. The molecule has 1 N–H and O–H groups in total. The minimum Gasteiger partial charge on any atom is -0.486 e. The summed E-state index contributed by atoms with van der Waals surface area (Å²) in [5.41, 5.74) is 3.06. The topological polar surface area (TPSA) is 84.9 Å². The minimum absolute atomic E-state index is 0.294.